The van der Waals surface area contributed by atoms with Crippen molar-refractivity contribution in [3.8, 4) is 0 Å². The summed E-state index contributed by atoms with van der Waals surface area (Å²) in [6.45, 7) is 3.45. The Morgan fingerprint density at radius 3 is 2.43 bits per heavy atom. The van der Waals surface area contributed by atoms with Gasteiger partial charge in [0, 0.05) is 15.6 Å². The van der Waals surface area contributed by atoms with E-state index in [1.165, 1.54) is 18.3 Å². The van der Waals surface area contributed by atoms with Crippen LogP contribution in [0.5, 0.6) is 0 Å². The van der Waals surface area contributed by atoms with E-state index in [-0.39, 0.29) is 18.9 Å². The maximum Gasteiger partial charge on any atom is 0.326 e. The number of esters is 1. The molecule has 0 atom stereocenters. The van der Waals surface area contributed by atoms with E-state index in [1.807, 2.05) is 18.2 Å². The van der Waals surface area contributed by atoms with Crippen LogP contribution in [0.25, 0.3) is 10.2 Å². The molecule has 0 bridgehead atoms. The van der Waals surface area contributed by atoms with Crippen molar-refractivity contribution in [1.82, 2.24) is 4.57 Å². The van der Waals surface area contributed by atoms with Crippen LogP contribution >= 0.6 is 27.3 Å². The first kappa shape index (κ1) is 20.2. The minimum absolute atomic E-state index is 0.0368. The number of aromatic nitrogens is 1. The summed E-state index contributed by atoms with van der Waals surface area (Å²) in [5.74, 6) is -0.915. The molecule has 1 heterocycles. The number of hydrogen-bond donors (Lipinski definition) is 0. The molecule has 3 aromatic rings. The first-order chi connectivity index (χ1) is 13.4. The van der Waals surface area contributed by atoms with Crippen LogP contribution < -0.4 is 4.80 Å². The molecule has 0 spiro atoms. The monoisotopic (exact) mass is 460 g/mol. The Hall–Kier alpha value is -2.58. The summed E-state index contributed by atoms with van der Waals surface area (Å²) in [5.41, 5.74) is 1.69. The molecule has 3 rings (SSSR count). The van der Waals surface area contributed by atoms with Crippen LogP contribution in [-0.2, 0) is 16.1 Å². The third kappa shape index (κ3) is 4.45. The van der Waals surface area contributed by atoms with Crippen LogP contribution in [0, 0.1) is 0 Å². The second kappa shape index (κ2) is 8.62. The number of carbonyl (C=O) groups is 3. The summed E-state index contributed by atoms with van der Waals surface area (Å²) in [7, 11) is 0. The van der Waals surface area contributed by atoms with Crippen molar-refractivity contribution in [2.75, 3.05) is 6.61 Å². The Kier molecular flexibility index (Phi) is 6.21. The van der Waals surface area contributed by atoms with Gasteiger partial charge in [-0.15, -0.1) is 0 Å². The van der Waals surface area contributed by atoms with Crippen molar-refractivity contribution >= 4 is 55.1 Å². The largest absolute Gasteiger partial charge is 0.465 e. The van der Waals surface area contributed by atoms with Gasteiger partial charge in [0.25, 0.3) is 5.91 Å². The van der Waals surface area contributed by atoms with Crippen LogP contribution in [0.4, 0.5) is 0 Å². The van der Waals surface area contributed by atoms with Gasteiger partial charge in [-0.2, -0.15) is 4.99 Å². The minimum Gasteiger partial charge on any atom is -0.465 e. The summed E-state index contributed by atoms with van der Waals surface area (Å²) in [6.07, 6.45) is 0. The van der Waals surface area contributed by atoms with Crippen LogP contribution in [0.15, 0.2) is 51.9 Å². The fraction of sp³-hybridized carbons (Fsp3) is 0.200. The highest BCUT2D eigenvalue weighted by atomic mass is 79.9. The number of Topliss-reactive ketones (excluding diaryl/α,β-unsaturated/α-hetero) is 1. The Balaban J connectivity index is 2.05. The molecule has 0 aliphatic rings. The molecule has 28 heavy (non-hydrogen) atoms. The minimum atomic E-state index is -0.446. The van der Waals surface area contributed by atoms with Crippen LogP contribution in [0.3, 0.4) is 0 Å². The van der Waals surface area contributed by atoms with Gasteiger partial charge >= 0.3 is 5.97 Å². The van der Waals surface area contributed by atoms with Crippen molar-refractivity contribution in [1.29, 1.82) is 0 Å². The number of ether oxygens (including phenoxy) is 1. The van der Waals surface area contributed by atoms with Gasteiger partial charge in [0.05, 0.1) is 16.8 Å². The lowest BCUT2D eigenvalue weighted by Gasteiger charge is -2.05. The van der Waals surface area contributed by atoms with Crippen LogP contribution in [-0.4, -0.2) is 28.8 Å². The number of thiazole rings is 1. The number of ketones is 1. The molecule has 1 amide bonds. The van der Waals surface area contributed by atoms with Crippen LogP contribution in [0.2, 0.25) is 0 Å². The fourth-order valence-electron chi connectivity index (χ4n) is 2.62. The van der Waals surface area contributed by atoms with Gasteiger partial charge in [0.2, 0.25) is 0 Å². The normalized spacial score (nSPS) is 11.6. The van der Waals surface area contributed by atoms with Gasteiger partial charge in [-0.25, -0.2) is 0 Å². The summed E-state index contributed by atoms with van der Waals surface area (Å²) in [6, 6.07) is 12.0. The number of amides is 1. The molecule has 0 unspecified atom stereocenters. The number of carbonyl (C=O) groups excluding carboxylic acids is 3. The third-order valence-electron chi connectivity index (χ3n) is 3.97. The summed E-state index contributed by atoms with van der Waals surface area (Å²) >= 11 is 4.74. The average molecular weight is 461 g/mol. The van der Waals surface area contributed by atoms with Gasteiger partial charge in [-0.1, -0.05) is 39.4 Å². The Morgan fingerprint density at radius 2 is 1.79 bits per heavy atom. The number of rotatable bonds is 5. The zero-order valence-electron chi connectivity index (χ0n) is 15.3. The van der Waals surface area contributed by atoms with E-state index >= 15 is 0 Å². The molecule has 0 aliphatic carbocycles. The highest BCUT2D eigenvalue weighted by Crippen LogP contribution is 2.22. The van der Waals surface area contributed by atoms with E-state index in [1.54, 1.807) is 35.8 Å². The van der Waals surface area contributed by atoms with E-state index in [0.717, 1.165) is 14.7 Å². The van der Waals surface area contributed by atoms with Crippen molar-refractivity contribution in [3.05, 3.63) is 62.9 Å². The maximum absolute atomic E-state index is 12.6. The Labute approximate surface area is 173 Å². The highest BCUT2D eigenvalue weighted by molar-refractivity contribution is 9.10. The van der Waals surface area contributed by atoms with Crippen molar-refractivity contribution in [2.45, 2.75) is 20.4 Å². The lowest BCUT2D eigenvalue weighted by molar-refractivity contribution is -0.143. The number of hydrogen-bond acceptors (Lipinski definition) is 5. The highest BCUT2D eigenvalue weighted by Gasteiger charge is 2.13. The summed E-state index contributed by atoms with van der Waals surface area (Å²) < 4.78 is 8.50. The predicted octanol–water partition coefficient (Wildman–Crippen LogP) is 3.97. The van der Waals surface area contributed by atoms with Crippen molar-refractivity contribution < 1.29 is 19.1 Å². The quantitative estimate of drug-likeness (QED) is 0.426. The lowest BCUT2D eigenvalue weighted by Crippen LogP contribution is -2.23. The van der Waals surface area contributed by atoms with Crippen LogP contribution in [0.1, 0.15) is 34.6 Å². The number of halogens is 1. The van der Waals surface area contributed by atoms with Gasteiger partial charge in [-0.05, 0) is 44.2 Å². The fourth-order valence-corrected chi connectivity index (χ4v) is 4.20. The van der Waals surface area contributed by atoms with E-state index < -0.39 is 11.9 Å². The molecule has 8 heteroatoms. The van der Waals surface area contributed by atoms with E-state index in [2.05, 4.69) is 20.9 Å². The molecule has 0 N–H and O–H groups in total. The first-order valence-corrected chi connectivity index (χ1v) is 10.1. The molecule has 6 nitrogen and oxygen atoms in total. The smallest absolute Gasteiger partial charge is 0.326 e. The molecule has 0 fully saturated rings. The van der Waals surface area contributed by atoms with E-state index in [0.29, 0.717) is 15.9 Å². The maximum atomic E-state index is 12.6. The van der Waals surface area contributed by atoms with E-state index in [4.69, 9.17) is 4.74 Å². The molecule has 1 aromatic heterocycles. The molecule has 0 radical (unpaired) electrons. The standard InChI is InChI=1S/C20H17BrN2O4S/c1-3-27-18(25)11-23-16-9-8-15(21)10-17(16)28-20(23)22-19(26)14-6-4-13(5-7-14)12(2)24/h4-10H,3,11H2,1-2H3. The number of nitrogens with zero attached hydrogens (tertiary/aromatic N) is 2. The predicted molar refractivity (Wildman–Crippen MR) is 110 cm³/mol. The van der Waals surface area contributed by atoms with Gasteiger partial charge < -0.3 is 9.30 Å². The second-order valence-corrected chi connectivity index (χ2v) is 7.86. The lowest BCUT2D eigenvalue weighted by atomic mass is 10.1. The van der Waals surface area contributed by atoms with Gasteiger partial charge in [-0.3, -0.25) is 14.4 Å². The molecular formula is C20H17BrN2O4S. The number of fused-ring (bicyclic) bond motifs is 1. The number of benzene rings is 2. The molecule has 144 valence electrons. The SMILES string of the molecule is CCOC(=O)Cn1c(=NC(=O)c2ccc(C(C)=O)cc2)sc2cc(Br)ccc21. The average Bonchev–Trinajstić information content (AvgIpc) is 2.98. The summed E-state index contributed by atoms with van der Waals surface area (Å²) in [5, 5.41) is 0. The van der Waals surface area contributed by atoms with Gasteiger partial charge in [0.1, 0.15) is 6.54 Å². The van der Waals surface area contributed by atoms with Crippen molar-refractivity contribution in [3.63, 3.8) is 0 Å². The zero-order chi connectivity index (χ0) is 20.3. The van der Waals surface area contributed by atoms with E-state index in [9.17, 15) is 14.4 Å². The molecular weight excluding hydrogens is 444 g/mol. The topological polar surface area (TPSA) is 77.7 Å². The molecule has 0 saturated carbocycles. The molecule has 0 saturated heterocycles. The Bertz CT molecular complexity index is 1130. The van der Waals surface area contributed by atoms with Crippen molar-refractivity contribution in [2.24, 2.45) is 4.99 Å². The first-order valence-electron chi connectivity index (χ1n) is 8.53. The summed E-state index contributed by atoms with van der Waals surface area (Å²) in [4.78, 5) is 40.7. The van der Waals surface area contributed by atoms with Gasteiger partial charge in [0.15, 0.2) is 10.6 Å². The Morgan fingerprint density at radius 1 is 1.11 bits per heavy atom. The second-order valence-electron chi connectivity index (χ2n) is 5.94. The zero-order valence-corrected chi connectivity index (χ0v) is 17.7. The molecule has 0 aliphatic heterocycles. The third-order valence-corrected chi connectivity index (χ3v) is 5.51. The molecule has 2 aromatic carbocycles.